The van der Waals surface area contributed by atoms with Crippen LogP contribution in [0.4, 0.5) is 5.69 Å². The highest BCUT2D eigenvalue weighted by Gasteiger charge is 2.22. The minimum absolute atomic E-state index is 0.137. The molecule has 0 spiro atoms. The summed E-state index contributed by atoms with van der Waals surface area (Å²) in [5.41, 5.74) is 2.09. The van der Waals surface area contributed by atoms with E-state index < -0.39 is 0 Å². The molecule has 0 unspecified atom stereocenters. The fourth-order valence-electron chi connectivity index (χ4n) is 3.16. The molecule has 0 bridgehead atoms. The van der Waals surface area contributed by atoms with Crippen molar-refractivity contribution in [3.8, 4) is 23.0 Å². The summed E-state index contributed by atoms with van der Waals surface area (Å²) < 4.78 is 21.1. The third-order valence-corrected chi connectivity index (χ3v) is 4.74. The Morgan fingerprint density at radius 3 is 2.33 bits per heavy atom. The lowest BCUT2D eigenvalue weighted by Crippen LogP contribution is -2.34. The van der Waals surface area contributed by atoms with Gasteiger partial charge in [0.05, 0.1) is 40.5 Å². The first-order valence-electron chi connectivity index (χ1n) is 9.23. The highest BCUT2D eigenvalue weighted by atomic mass is 16.5. The van der Waals surface area contributed by atoms with E-state index in [1.165, 1.54) is 19.1 Å². The fraction of sp³-hybridized carbons (Fsp3) is 0.273. The summed E-state index contributed by atoms with van der Waals surface area (Å²) in [6.07, 6.45) is 3.52. The zero-order valence-electron chi connectivity index (χ0n) is 17.4. The Hall–Kier alpha value is -3.68. The summed E-state index contributed by atoms with van der Waals surface area (Å²) in [7, 11) is 6.15. The van der Waals surface area contributed by atoms with Crippen LogP contribution >= 0.6 is 0 Å². The minimum Gasteiger partial charge on any atom is -0.497 e. The van der Waals surface area contributed by atoms with E-state index in [9.17, 15) is 9.59 Å². The van der Waals surface area contributed by atoms with Gasteiger partial charge >= 0.3 is 0 Å². The molecular weight excluding hydrogens is 388 g/mol. The molecule has 0 saturated carbocycles. The number of ether oxygens (including phenoxy) is 4. The zero-order chi connectivity index (χ0) is 21.7. The lowest BCUT2D eigenvalue weighted by atomic mass is 10.0. The molecule has 1 aliphatic rings. The average molecular weight is 412 g/mol. The van der Waals surface area contributed by atoms with E-state index >= 15 is 0 Å². The van der Waals surface area contributed by atoms with Gasteiger partial charge in [0.15, 0.2) is 11.5 Å². The molecule has 1 aliphatic heterocycles. The lowest BCUT2D eigenvalue weighted by molar-refractivity contribution is -0.131. The monoisotopic (exact) mass is 412 g/mol. The Kier molecular flexibility index (Phi) is 6.46. The summed E-state index contributed by atoms with van der Waals surface area (Å²) >= 11 is 0. The van der Waals surface area contributed by atoms with Gasteiger partial charge in [-0.25, -0.2) is 0 Å². The summed E-state index contributed by atoms with van der Waals surface area (Å²) in [6, 6.07) is 8.67. The molecule has 3 rings (SSSR count). The molecule has 0 atom stereocenters. The highest BCUT2D eigenvalue weighted by molar-refractivity contribution is 5.97. The maximum absolute atomic E-state index is 12.7. The van der Waals surface area contributed by atoms with Gasteiger partial charge in [-0.3, -0.25) is 9.59 Å². The standard InChI is InChI=1S/C22H24N2O6/c1-27-16-5-6-18(28-2)17(12-16)23-21(25)13-24-8-7-14-9-19(29-3)20(30-4)10-15(14)11-22(24)26/h5-10,12H,11,13H2,1-4H3,(H,23,25). The minimum atomic E-state index is -0.360. The fourth-order valence-corrected chi connectivity index (χ4v) is 3.16. The molecule has 8 nitrogen and oxygen atoms in total. The number of nitrogens with zero attached hydrogens (tertiary/aromatic N) is 1. The number of methoxy groups -OCH3 is 4. The van der Waals surface area contributed by atoms with Gasteiger partial charge in [0.2, 0.25) is 11.8 Å². The number of fused-ring (bicyclic) bond motifs is 1. The van der Waals surface area contributed by atoms with Crippen LogP contribution in [0.25, 0.3) is 6.08 Å². The second-order valence-electron chi connectivity index (χ2n) is 6.53. The SMILES string of the molecule is COc1ccc(OC)c(NC(=O)CN2C=Cc3cc(OC)c(OC)cc3CC2=O)c1. The Morgan fingerprint density at radius 2 is 1.67 bits per heavy atom. The first kappa shape index (κ1) is 21.0. The molecular formula is C22H24N2O6. The Balaban J connectivity index is 1.76. The normalized spacial score (nSPS) is 12.7. The number of hydrogen-bond acceptors (Lipinski definition) is 6. The van der Waals surface area contributed by atoms with Gasteiger partial charge in [0.1, 0.15) is 18.0 Å². The number of rotatable bonds is 7. The van der Waals surface area contributed by atoms with Gasteiger partial charge in [-0.2, -0.15) is 0 Å². The first-order valence-corrected chi connectivity index (χ1v) is 9.23. The van der Waals surface area contributed by atoms with Gasteiger partial charge < -0.3 is 29.2 Å². The largest absolute Gasteiger partial charge is 0.497 e. The molecule has 158 valence electrons. The van der Waals surface area contributed by atoms with Crippen molar-refractivity contribution in [2.24, 2.45) is 0 Å². The van der Waals surface area contributed by atoms with Crippen LogP contribution in [-0.4, -0.2) is 51.7 Å². The molecule has 0 aliphatic carbocycles. The molecule has 30 heavy (non-hydrogen) atoms. The van der Waals surface area contributed by atoms with Crippen molar-refractivity contribution in [3.05, 3.63) is 47.7 Å². The molecule has 2 amide bonds. The first-order chi connectivity index (χ1) is 14.5. The van der Waals surface area contributed by atoms with Crippen LogP contribution in [0.1, 0.15) is 11.1 Å². The summed E-state index contributed by atoms with van der Waals surface area (Å²) in [6.45, 7) is -0.141. The number of benzene rings is 2. The van der Waals surface area contributed by atoms with Crippen molar-refractivity contribution in [3.63, 3.8) is 0 Å². The maximum atomic E-state index is 12.7. The van der Waals surface area contributed by atoms with Gasteiger partial charge in [-0.05, 0) is 41.5 Å². The Bertz CT molecular complexity index is 986. The Morgan fingerprint density at radius 1 is 0.967 bits per heavy atom. The van der Waals surface area contributed by atoms with Crippen LogP contribution in [0, 0.1) is 0 Å². The molecule has 8 heteroatoms. The Labute approximate surface area is 175 Å². The third kappa shape index (κ3) is 4.48. The van der Waals surface area contributed by atoms with Crippen LogP contribution in [0.3, 0.4) is 0 Å². The molecule has 2 aromatic carbocycles. The maximum Gasteiger partial charge on any atom is 0.244 e. The smallest absolute Gasteiger partial charge is 0.244 e. The summed E-state index contributed by atoms with van der Waals surface area (Å²) in [5, 5.41) is 2.77. The molecule has 0 aromatic heterocycles. The number of nitrogens with one attached hydrogen (secondary N) is 1. The molecule has 0 saturated heterocycles. The lowest BCUT2D eigenvalue weighted by Gasteiger charge is -2.18. The number of anilines is 1. The van der Waals surface area contributed by atoms with Gasteiger partial charge in [0.25, 0.3) is 0 Å². The van der Waals surface area contributed by atoms with Gasteiger partial charge in [-0.15, -0.1) is 0 Å². The van der Waals surface area contributed by atoms with E-state index in [1.807, 2.05) is 6.07 Å². The van der Waals surface area contributed by atoms with Crippen LogP contribution in [0.5, 0.6) is 23.0 Å². The van der Waals surface area contributed by atoms with Crippen molar-refractivity contribution in [1.82, 2.24) is 4.90 Å². The summed E-state index contributed by atoms with van der Waals surface area (Å²) in [4.78, 5) is 26.7. The molecule has 2 aromatic rings. The molecule has 0 radical (unpaired) electrons. The molecule has 1 N–H and O–H groups in total. The topological polar surface area (TPSA) is 86.3 Å². The zero-order valence-corrected chi connectivity index (χ0v) is 17.4. The van der Waals surface area contributed by atoms with Crippen LogP contribution in [-0.2, 0) is 16.0 Å². The van der Waals surface area contributed by atoms with Crippen LogP contribution in [0.15, 0.2) is 36.5 Å². The van der Waals surface area contributed by atoms with E-state index in [2.05, 4.69) is 5.32 Å². The second-order valence-corrected chi connectivity index (χ2v) is 6.53. The predicted molar refractivity (Wildman–Crippen MR) is 112 cm³/mol. The number of hydrogen-bond donors (Lipinski definition) is 1. The number of carbonyl (C=O) groups is 2. The molecule has 1 heterocycles. The van der Waals surface area contributed by atoms with E-state index in [-0.39, 0.29) is 24.8 Å². The predicted octanol–water partition coefficient (Wildman–Crippen LogP) is 2.72. The van der Waals surface area contributed by atoms with Gasteiger partial charge in [0, 0.05) is 12.3 Å². The highest BCUT2D eigenvalue weighted by Crippen LogP contribution is 2.33. The van der Waals surface area contributed by atoms with E-state index in [4.69, 9.17) is 18.9 Å². The van der Waals surface area contributed by atoms with Crippen molar-refractivity contribution in [2.75, 3.05) is 40.3 Å². The third-order valence-electron chi connectivity index (χ3n) is 4.74. The van der Waals surface area contributed by atoms with Crippen LogP contribution in [0.2, 0.25) is 0 Å². The number of amides is 2. The van der Waals surface area contributed by atoms with E-state index in [1.54, 1.807) is 50.8 Å². The van der Waals surface area contributed by atoms with Crippen molar-refractivity contribution in [2.45, 2.75) is 6.42 Å². The van der Waals surface area contributed by atoms with Crippen molar-refractivity contribution >= 4 is 23.6 Å². The van der Waals surface area contributed by atoms with E-state index in [0.717, 1.165) is 11.1 Å². The van der Waals surface area contributed by atoms with E-state index in [0.29, 0.717) is 28.7 Å². The van der Waals surface area contributed by atoms with Crippen LogP contribution < -0.4 is 24.3 Å². The average Bonchev–Trinajstić information content (AvgIpc) is 2.90. The molecule has 0 fully saturated rings. The van der Waals surface area contributed by atoms with Crippen molar-refractivity contribution < 1.29 is 28.5 Å². The number of carbonyl (C=O) groups excluding carboxylic acids is 2. The van der Waals surface area contributed by atoms with Crippen molar-refractivity contribution in [1.29, 1.82) is 0 Å². The second kappa shape index (κ2) is 9.21. The van der Waals surface area contributed by atoms with Gasteiger partial charge in [-0.1, -0.05) is 0 Å². The quantitative estimate of drug-likeness (QED) is 0.753. The summed E-state index contributed by atoms with van der Waals surface area (Å²) in [5.74, 6) is 1.63.